The minimum Gasteiger partial charge on any atom is -0.351 e. The summed E-state index contributed by atoms with van der Waals surface area (Å²) in [5.74, 6) is 0.607. The Bertz CT molecular complexity index is 760. The highest BCUT2D eigenvalue weighted by molar-refractivity contribution is 7.92. The number of H-pyrrole nitrogens is 1. The van der Waals surface area contributed by atoms with Gasteiger partial charge in [-0.15, -0.1) is 11.6 Å². The van der Waals surface area contributed by atoms with E-state index < -0.39 is 10.0 Å². The highest BCUT2D eigenvalue weighted by Gasteiger charge is 2.25. The van der Waals surface area contributed by atoms with Crippen molar-refractivity contribution in [3.63, 3.8) is 0 Å². The fourth-order valence-electron chi connectivity index (χ4n) is 3.18. The van der Waals surface area contributed by atoms with Gasteiger partial charge in [0.15, 0.2) is 0 Å². The van der Waals surface area contributed by atoms with Crippen LogP contribution in [0.4, 0.5) is 5.69 Å². The molecule has 1 aromatic heterocycles. The van der Waals surface area contributed by atoms with Gasteiger partial charge in [-0.1, -0.05) is 12.1 Å². The molecule has 0 saturated heterocycles. The Kier molecular flexibility index (Phi) is 4.92. The molecule has 1 atom stereocenters. The van der Waals surface area contributed by atoms with Crippen LogP contribution in [0, 0.1) is 0 Å². The van der Waals surface area contributed by atoms with Crippen molar-refractivity contribution >= 4 is 27.3 Å². The molecular formula is C16H20ClN3O2S. The first-order valence-electron chi connectivity index (χ1n) is 7.77. The number of imidazole rings is 1. The van der Waals surface area contributed by atoms with E-state index in [-0.39, 0.29) is 11.7 Å². The minimum atomic E-state index is -3.36. The Morgan fingerprint density at radius 2 is 2.26 bits per heavy atom. The first kappa shape index (κ1) is 16.3. The van der Waals surface area contributed by atoms with Gasteiger partial charge >= 0.3 is 0 Å². The SMILES string of the molecule is O=S(=O)(CCCCl)Nc1cccc2c1CCCC2c1c[nH]cn1. The number of halogens is 1. The fraction of sp³-hybridized carbons (Fsp3) is 0.438. The lowest BCUT2D eigenvalue weighted by Gasteiger charge is -2.26. The fourth-order valence-corrected chi connectivity index (χ4v) is 4.62. The molecule has 1 aromatic carbocycles. The van der Waals surface area contributed by atoms with Crippen molar-refractivity contribution in [3.8, 4) is 0 Å². The zero-order valence-electron chi connectivity index (χ0n) is 12.8. The van der Waals surface area contributed by atoms with Crippen molar-refractivity contribution < 1.29 is 8.42 Å². The molecule has 2 aromatic rings. The second-order valence-corrected chi connectivity index (χ2v) is 8.00. The Morgan fingerprint density at radius 1 is 1.39 bits per heavy atom. The van der Waals surface area contributed by atoms with Gasteiger partial charge < -0.3 is 4.98 Å². The molecule has 5 nitrogen and oxygen atoms in total. The quantitative estimate of drug-likeness (QED) is 0.783. The summed E-state index contributed by atoms with van der Waals surface area (Å²) in [4.78, 5) is 7.37. The predicted octanol–water partition coefficient (Wildman–Crippen LogP) is 3.25. The number of benzene rings is 1. The van der Waals surface area contributed by atoms with Gasteiger partial charge in [-0.25, -0.2) is 13.4 Å². The largest absolute Gasteiger partial charge is 0.351 e. The Hall–Kier alpha value is -1.53. The van der Waals surface area contributed by atoms with Crippen LogP contribution in [0.2, 0.25) is 0 Å². The molecule has 0 saturated carbocycles. The highest BCUT2D eigenvalue weighted by atomic mass is 35.5. The molecule has 1 aliphatic carbocycles. The van der Waals surface area contributed by atoms with E-state index >= 15 is 0 Å². The predicted molar refractivity (Wildman–Crippen MR) is 92.6 cm³/mol. The second kappa shape index (κ2) is 6.93. The number of fused-ring (bicyclic) bond motifs is 1. The smallest absolute Gasteiger partial charge is 0.232 e. The zero-order chi connectivity index (χ0) is 16.3. The van der Waals surface area contributed by atoms with Gasteiger partial charge in [0, 0.05) is 18.0 Å². The summed E-state index contributed by atoms with van der Waals surface area (Å²) in [6.07, 6.45) is 6.97. The van der Waals surface area contributed by atoms with Gasteiger partial charge in [-0.05, 0) is 42.9 Å². The van der Waals surface area contributed by atoms with E-state index in [0.717, 1.165) is 30.5 Å². The molecule has 0 radical (unpaired) electrons. The molecule has 124 valence electrons. The van der Waals surface area contributed by atoms with Gasteiger partial charge in [0.25, 0.3) is 0 Å². The molecular weight excluding hydrogens is 334 g/mol. The molecule has 2 N–H and O–H groups in total. The summed E-state index contributed by atoms with van der Waals surface area (Å²) in [5, 5.41) is 0. The highest BCUT2D eigenvalue weighted by Crippen LogP contribution is 2.38. The number of rotatable bonds is 6. The van der Waals surface area contributed by atoms with Crippen molar-refractivity contribution in [3.05, 3.63) is 47.5 Å². The van der Waals surface area contributed by atoms with Gasteiger partial charge in [0.1, 0.15) is 0 Å². The number of hydrogen-bond acceptors (Lipinski definition) is 3. The number of aromatic nitrogens is 2. The number of nitrogens with zero attached hydrogens (tertiary/aromatic N) is 1. The lowest BCUT2D eigenvalue weighted by Crippen LogP contribution is -2.20. The van der Waals surface area contributed by atoms with Crippen LogP contribution in [0.25, 0.3) is 0 Å². The normalized spacial score (nSPS) is 17.7. The molecule has 1 heterocycles. The Morgan fingerprint density at radius 3 is 3.00 bits per heavy atom. The summed E-state index contributed by atoms with van der Waals surface area (Å²) in [6, 6.07) is 5.82. The second-order valence-electron chi connectivity index (χ2n) is 5.78. The number of aromatic amines is 1. The number of alkyl halides is 1. The Labute approximate surface area is 141 Å². The molecule has 0 spiro atoms. The molecule has 23 heavy (non-hydrogen) atoms. The van der Waals surface area contributed by atoms with E-state index in [1.807, 2.05) is 18.3 Å². The summed E-state index contributed by atoms with van der Waals surface area (Å²) >= 11 is 5.60. The number of hydrogen-bond donors (Lipinski definition) is 2. The maximum absolute atomic E-state index is 12.2. The van der Waals surface area contributed by atoms with E-state index in [1.165, 1.54) is 5.56 Å². The molecule has 0 aliphatic heterocycles. The van der Waals surface area contributed by atoms with Crippen molar-refractivity contribution in [2.75, 3.05) is 16.4 Å². The average molecular weight is 354 g/mol. The van der Waals surface area contributed by atoms with E-state index in [9.17, 15) is 8.42 Å². The van der Waals surface area contributed by atoms with Crippen LogP contribution in [0.5, 0.6) is 0 Å². The summed E-state index contributed by atoms with van der Waals surface area (Å²) in [5.41, 5.74) is 3.95. The van der Waals surface area contributed by atoms with Crippen LogP contribution in [0.3, 0.4) is 0 Å². The third-order valence-electron chi connectivity index (χ3n) is 4.20. The van der Waals surface area contributed by atoms with Crippen LogP contribution in [-0.4, -0.2) is 30.0 Å². The lowest BCUT2D eigenvalue weighted by molar-refractivity contribution is 0.598. The summed E-state index contributed by atoms with van der Waals surface area (Å²) in [6.45, 7) is 0. The van der Waals surface area contributed by atoms with Crippen LogP contribution in [0.15, 0.2) is 30.7 Å². The van der Waals surface area contributed by atoms with E-state index in [4.69, 9.17) is 11.6 Å². The number of sulfonamides is 1. The van der Waals surface area contributed by atoms with E-state index in [1.54, 1.807) is 6.33 Å². The topological polar surface area (TPSA) is 74.8 Å². The van der Waals surface area contributed by atoms with Gasteiger partial charge in [-0.3, -0.25) is 4.72 Å². The molecule has 0 bridgehead atoms. The van der Waals surface area contributed by atoms with Gasteiger partial charge in [-0.2, -0.15) is 0 Å². The molecule has 7 heteroatoms. The van der Waals surface area contributed by atoms with Crippen molar-refractivity contribution in [2.45, 2.75) is 31.6 Å². The van der Waals surface area contributed by atoms with Crippen LogP contribution < -0.4 is 4.72 Å². The van der Waals surface area contributed by atoms with E-state index in [0.29, 0.717) is 18.0 Å². The summed E-state index contributed by atoms with van der Waals surface area (Å²) in [7, 11) is -3.36. The van der Waals surface area contributed by atoms with E-state index in [2.05, 4.69) is 20.8 Å². The van der Waals surface area contributed by atoms with Crippen LogP contribution in [0.1, 0.15) is 42.0 Å². The van der Waals surface area contributed by atoms with Crippen molar-refractivity contribution in [2.24, 2.45) is 0 Å². The molecule has 3 rings (SSSR count). The maximum atomic E-state index is 12.2. The molecule has 1 aliphatic rings. The Balaban J connectivity index is 1.91. The average Bonchev–Trinajstić information content (AvgIpc) is 3.07. The third kappa shape index (κ3) is 3.70. The van der Waals surface area contributed by atoms with Gasteiger partial charge in [0.2, 0.25) is 10.0 Å². The number of anilines is 1. The zero-order valence-corrected chi connectivity index (χ0v) is 14.3. The molecule has 1 unspecified atom stereocenters. The summed E-state index contributed by atoms with van der Waals surface area (Å²) < 4.78 is 27.1. The maximum Gasteiger partial charge on any atom is 0.232 e. The lowest BCUT2D eigenvalue weighted by atomic mass is 9.80. The monoisotopic (exact) mass is 353 g/mol. The minimum absolute atomic E-state index is 0.0446. The standard InChI is InChI=1S/C16H20ClN3O2S/c17-8-3-9-23(21,22)20-15-7-2-4-12-13(15)5-1-6-14(12)16-10-18-11-19-16/h2,4,7,10-11,14,20H,1,3,5-6,8-9H2,(H,18,19). The molecule has 0 fully saturated rings. The van der Waals surface area contributed by atoms with Crippen LogP contribution in [-0.2, 0) is 16.4 Å². The molecule has 0 amide bonds. The van der Waals surface area contributed by atoms with Gasteiger partial charge in [0.05, 0.1) is 23.5 Å². The third-order valence-corrected chi connectivity index (χ3v) is 5.82. The number of nitrogens with one attached hydrogen (secondary N) is 2. The van der Waals surface area contributed by atoms with Crippen molar-refractivity contribution in [1.82, 2.24) is 9.97 Å². The first-order valence-corrected chi connectivity index (χ1v) is 9.96. The van der Waals surface area contributed by atoms with Crippen molar-refractivity contribution in [1.29, 1.82) is 0 Å². The van der Waals surface area contributed by atoms with Crippen LogP contribution >= 0.6 is 11.6 Å². The first-order chi connectivity index (χ1) is 11.1.